The maximum absolute atomic E-state index is 13.4. The number of Topliss-reactive ketones (excluding diaryl/α,β-unsaturated/α-hetero) is 1. The monoisotopic (exact) mass is 205 g/mol. The first kappa shape index (κ1) is 11.6. The molecule has 82 valence electrons. The molecule has 1 saturated heterocycles. The van der Waals surface area contributed by atoms with E-state index in [1.807, 2.05) is 0 Å². The van der Waals surface area contributed by atoms with Crippen LogP contribution < -0.4 is 0 Å². The lowest BCUT2D eigenvalue weighted by molar-refractivity contribution is -0.132. The van der Waals surface area contributed by atoms with E-state index in [1.165, 1.54) is 0 Å². The quantitative estimate of drug-likeness (QED) is 0.701. The molecule has 0 amide bonds. The summed E-state index contributed by atoms with van der Waals surface area (Å²) in [7, 11) is 1.69. The van der Waals surface area contributed by atoms with E-state index in [2.05, 4.69) is 0 Å². The molecule has 0 spiro atoms. The van der Waals surface area contributed by atoms with Crippen molar-refractivity contribution in [3.63, 3.8) is 0 Å². The first-order valence-corrected chi connectivity index (χ1v) is 5.03. The van der Waals surface area contributed by atoms with E-state index in [1.54, 1.807) is 18.9 Å². The summed E-state index contributed by atoms with van der Waals surface area (Å²) in [5.74, 6) is -3.50. The molecule has 0 aromatic heterocycles. The van der Waals surface area contributed by atoms with E-state index in [4.69, 9.17) is 0 Å². The van der Waals surface area contributed by atoms with Gasteiger partial charge in [0.2, 0.25) is 0 Å². The van der Waals surface area contributed by atoms with Crippen molar-refractivity contribution in [2.45, 2.75) is 32.1 Å². The van der Waals surface area contributed by atoms with Crippen LogP contribution in [0, 0.1) is 5.92 Å². The fraction of sp³-hybridized carbons (Fsp3) is 0.900. The van der Waals surface area contributed by atoms with Gasteiger partial charge in [-0.1, -0.05) is 6.92 Å². The predicted octanol–water partition coefficient (Wildman–Crippen LogP) is 1.94. The first-order valence-electron chi connectivity index (χ1n) is 5.03. The Kier molecular flexibility index (Phi) is 3.59. The van der Waals surface area contributed by atoms with Crippen LogP contribution in [0.3, 0.4) is 0 Å². The number of rotatable bonds is 3. The molecule has 4 heteroatoms. The van der Waals surface area contributed by atoms with Crippen LogP contribution in [0.1, 0.15) is 26.2 Å². The number of carbonyl (C=O) groups is 1. The molecule has 1 atom stereocenters. The Bertz CT molecular complexity index is 218. The minimum absolute atomic E-state index is 0.0390. The van der Waals surface area contributed by atoms with Gasteiger partial charge in [0.25, 0.3) is 5.92 Å². The minimum atomic E-state index is -2.70. The topological polar surface area (TPSA) is 20.3 Å². The Balaban J connectivity index is 2.56. The second-order valence-corrected chi connectivity index (χ2v) is 4.08. The number of likely N-dealkylation sites (tertiary alicyclic amines) is 1. The summed E-state index contributed by atoms with van der Waals surface area (Å²) < 4.78 is 26.8. The summed E-state index contributed by atoms with van der Waals surface area (Å²) in [6, 6.07) is 0. The van der Waals surface area contributed by atoms with Gasteiger partial charge in [0.1, 0.15) is 5.78 Å². The van der Waals surface area contributed by atoms with E-state index >= 15 is 0 Å². The molecule has 14 heavy (non-hydrogen) atoms. The molecule has 0 radical (unpaired) electrons. The number of hydrogen-bond acceptors (Lipinski definition) is 2. The van der Waals surface area contributed by atoms with E-state index < -0.39 is 11.8 Å². The number of alkyl halides is 2. The van der Waals surface area contributed by atoms with Crippen molar-refractivity contribution in [1.82, 2.24) is 4.90 Å². The van der Waals surface area contributed by atoms with Crippen molar-refractivity contribution in [2.24, 2.45) is 5.92 Å². The summed E-state index contributed by atoms with van der Waals surface area (Å²) in [6.07, 6.45) is 0.828. The van der Waals surface area contributed by atoms with E-state index in [-0.39, 0.29) is 18.7 Å². The van der Waals surface area contributed by atoms with Crippen molar-refractivity contribution in [1.29, 1.82) is 0 Å². The van der Waals surface area contributed by atoms with Gasteiger partial charge in [-0.05, 0) is 20.0 Å². The third kappa shape index (κ3) is 2.74. The molecule has 1 aliphatic rings. The molecule has 0 N–H and O–H groups in total. The van der Waals surface area contributed by atoms with Crippen LogP contribution in [0.2, 0.25) is 0 Å². The van der Waals surface area contributed by atoms with Crippen LogP contribution in [0.15, 0.2) is 0 Å². The Morgan fingerprint density at radius 2 is 2.21 bits per heavy atom. The van der Waals surface area contributed by atoms with Gasteiger partial charge in [0.15, 0.2) is 0 Å². The van der Waals surface area contributed by atoms with Gasteiger partial charge in [0.05, 0.1) is 6.54 Å². The van der Waals surface area contributed by atoms with Crippen molar-refractivity contribution in [3.8, 4) is 0 Å². The van der Waals surface area contributed by atoms with Gasteiger partial charge < -0.3 is 4.90 Å². The van der Waals surface area contributed by atoms with Crippen LogP contribution in [0.5, 0.6) is 0 Å². The van der Waals surface area contributed by atoms with Gasteiger partial charge in [-0.3, -0.25) is 4.79 Å². The third-order valence-electron chi connectivity index (χ3n) is 2.81. The molecule has 0 unspecified atom stereocenters. The largest absolute Gasteiger partial charge is 0.301 e. The molecule has 0 saturated carbocycles. The number of ketones is 1. The minimum Gasteiger partial charge on any atom is -0.301 e. The average Bonchev–Trinajstić information content (AvgIpc) is 2.08. The molecule has 1 heterocycles. The van der Waals surface area contributed by atoms with Gasteiger partial charge in [-0.25, -0.2) is 8.78 Å². The SMILES string of the molecule is CCC(=O)C[C@@H]1CCN(C)CC1(F)F. The number of hydrogen-bond donors (Lipinski definition) is 0. The lowest BCUT2D eigenvalue weighted by atomic mass is 9.88. The highest BCUT2D eigenvalue weighted by molar-refractivity contribution is 5.78. The predicted molar refractivity (Wildman–Crippen MR) is 50.5 cm³/mol. The average molecular weight is 205 g/mol. The van der Waals surface area contributed by atoms with E-state index in [0.29, 0.717) is 19.4 Å². The molecule has 1 aliphatic heterocycles. The van der Waals surface area contributed by atoms with Gasteiger partial charge in [-0.2, -0.15) is 0 Å². The molecule has 0 aromatic carbocycles. The van der Waals surface area contributed by atoms with Crippen molar-refractivity contribution < 1.29 is 13.6 Å². The van der Waals surface area contributed by atoms with Gasteiger partial charge in [0, 0.05) is 18.8 Å². The lowest BCUT2D eigenvalue weighted by Crippen LogP contribution is -2.47. The molecule has 2 nitrogen and oxygen atoms in total. The summed E-state index contributed by atoms with van der Waals surface area (Å²) in [4.78, 5) is 12.7. The fourth-order valence-corrected chi connectivity index (χ4v) is 1.83. The van der Waals surface area contributed by atoms with Crippen molar-refractivity contribution in [3.05, 3.63) is 0 Å². The Morgan fingerprint density at radius 3 is 2.71 bits per heavy atom. The molecular formula is C10H17F2NO. The van der Waals surface area contributed by atoms with Gasteiger partial charge >= 0.3 is 0 Å². The van der Waals surface area contributed by atoms with Crippen LogP contribution in [0.4, 0.5) is 8.78 Å². The van der Waals surface area contributed by atoms with Crippen LogP contribution in [-0.2, 0) is 4.79 Å². The summed E-state index contributed by atoms with van der Waals surface area (Å²) in [5.41, 5.74) is 0. The Morgan fingerprint density at radius 1 is 1.57 bits per heavy atom. The number of nitrogens with zero attached hydrogens (tertiary/aromatic N) is 1. The fourth-order valence-electron chi connectivity index (χ4n) is 1.83. The molecule has 0 bridgehead atoms. The number of halogens is 2. The van der Waals surface area contributed by atoms with Crippen LogP contribution in [0.25, 0.3) is 0 Å². The smallest absolute Gasteiger partial charge is 0.263 e. The summed E-state index contributed by atoms with van der Waals surface area (Å²) in [6.45, 7) is 2.17. The maximum atomic E-state index is 13.4. The normalized spacial score (nSPS) is 27.6. The van der Waals surface area contributed by atoms with Crippen LogP contribution in [-0.4, -0.2) is 36.7 Å². The Hall–Kier alpha value is -0.510. The van der Waals surface area contributed by atoms with Crippen LogP contribution >= 0.6 is 0 Å². The summed E-state index contributed by atoms with van der Waals surface area (Å²) >= 11 is 0. The molecule has 0 aromatic rings. The molecular weight excluding hydrogens is 188 g/mol. The lowest BCUT2D eigenvalue weighted by Gasteiger charge is -2.36. The molecule has 1 fully saturated rings. The number of carbonyl (C=O) groups excluding carboxylic acids is 1. The summed E-state index contributed by atoms with van der Waals surface area (Å²) in [5, 5.41) is 0. The third-order valence-corrected chi connectivity index (χ3v) is 2.81. The van der Waals surface area contributed by atoms with Crippen molar-refractivity contribution >= 4 is 5.78 Å². The van der Waals surface area contributed by atoms with E-state index in [0.717, 1.165) is 0 Å². The second-order valence-electron chi connectivity index (χ2n) is 4.08. The first-order chi connectivity index (χ1) is 6.45. The van der Waals surface area contributed by atoms with Gasteiger partial charge in [-0.15, -0.1) is 0 Å². The molecule has 0 aliphatic carbocycles. The zero-order chi connectivity index (χ0) is 10.8. The van der Waals surface area contributed by atoms with Crippen molar-refractivity contribution in [2.75, 3.05) is 20.1 Å². The zero-order valence-corrected chi connectivity index (χ0v) is 8.72. The highest BCUT2D eigenvalue weighted by atomic mass is 19.3. The maximum Gasteiger partial charge on any atom is 0.263 e. The van der Waals surface area contributed by atoms with E-state index in [9.17, 15) is 13.6 Å². The Labute approximate surface area is 83.3 Å². The zero-order valence-electron chi connectivity index (χ0n) is 8.72. The molecule has 1 rings (SSSR count). The highest BCUT2D eigenvalue weighted by Gasteiger charge is 2.43. The second kappa shape index (κ2) is 4.34. The number of piperidine rings is 1. The standard InChI is InChI=1S/C10H17F2NO/c1-3-9(14)6-8-4-5-13(2)7-10(8,11)12/h8H,3-7H2,1-2H3/t8-/m0/s1. The highest BCUT2D eigenvalue weighted by Crippen LogP contribution is 2.34.